The zero-order valence-electron chi connectivity index (χ0n) is 11.2. The molecule has 108 valence electrons. The van der Waals surface area contributed by atoms with Gasteiger partial charge < -0.3 is 9.84 Å². The zero-order chi connectivity index (χ0) is 14.7. The fraction of sp³-hybridized carbons (Fsp3) is 0.188. The molecule has 4 nitrogen and oxygen atoms in total. The molecule has 5 heteroatoms. The maximum Gasteiger partial charge on any atom is 0.321 e. The third kappa shape index (κ3) is 3.37. The molecule has 0 spiro atoms. The summed E-state index contributed by atoms with van der Waals surface area (Å²) in [6.07, 6.45) is 0. The van der Waals surface area contributed by atoms with E-state index < -0.39 is 12.0 Å². The number of carboxylic acid groups (broad SMARTS) is 1. The first-order valence-corrected chi connectivity index (χ1v) is 7.70. The normalized spacial score (nSPS) is 21.1. The van der Waals surface area contributed by atoms with Crippen molar-refractivity contribution in [2.45, 2.75) is 11.4 Å². The van der Waals surface area contributed by atoms with Gasteiger partial charge >= 0.3 is 5.97 Å². The highest BCUT2D eigenvalue weighted by atomic mass is 32.2. The third-order valence-corrected chi connectivity index (χ3v) is 4.49. The van der Waals surface area contributed by atoms with Gasteiger partial charge in [-0.2, -0.15) is 0 Å². The van der Waals surface area contributed by atoms with Crippen LogP contribution in [0.2, 0.25) is 0 Å². The van der Waals surface area contributed by atoms with Gasteiger partial charge in [-0.3, -0.25) is 10.1 Å². The topological polar surface area (TPSA) is 58.6 Å². The number of carbonyl (C=O) groups is 1. The van der Waals surface area contributed by atoms with Crippen LogP contribution in [0, 0.1) is 0 Å². The zero-order valence-corrected chi connectivity index (χ0v) is 12.0. The summed E-state index contributed by atoms with van der Waals surface area (Å²) in [5.74, 6) is 1.30. The van der Waals surface area contributed by atoms with Gasteiger partial charge in [0.1, 0.15) is 17.5 Å². The number of hydrogen-bond donors (Lipinski definition) is 2. The molecule has 2 unspecified atom stereocenters. The lowest BCUT2D eigenvalue weighted by atomic mass is 10.2. The van der Waals surface area contributed by atoms with Crippen molar-refractivity contribution in [2.24, 2.45) is 0 Å². The Morgan fingerprint density at radius 3 is 2.62 bits per heavy atom. The highest BCUT2D eigenvalue weighted by Crippen LogP contribution is 2.34. The van der Waals surface area contributed by atoms with E-state index in [4.69, 9.17) is 9.84 Å². The van der Waals surface area contributed by atoms with Crippen LogP contribution in [0.4, 0.5) is 0 Å². The van der Waals surface area contributed by atoms with E-state index in [2.05, 4.69) is 5.32 Å². The summed E-state index contributed by atoms with van der Waals surface area (Å²) in [6.45, 7) is 0. The lowest BCUT2D eigenvalue weighted by molar-refractivity contribution is -0.138. The predicted molar refractivity (Wildman–Crippen MR) is 82.7 cm³/mol. The highest BCUT2D eigenvalue weighted by Gasteiger charge is 2.30. The molecule has 0 bridgehead atoms. The van der Waals surface area contributed by atoms with Crippen molar-refractivity contribution in [1.82, 2.24) is 5.32 Å². The van der Waals surface area contributed by atoms with Gasteiger partial charge in [-0.1, -0.05) is 30.3 Å². The van der Waals surface area contributed by atoms with Crippen LogP contribution in [-0.2, 0) is 4.79 Å². The summed E-state index contributed by atoms with van der Waals surface area (Å²) in [7, 11) is 0. The first-order valence-electron chi connectivity index (χ1n) is 6.66. The second-order valence-corrected chi connectivity index (χ2v) is 5.90. The average Bonchev–Trinajstić information content (AvgIpc) is 2.99. The first-order chi connectivity index (χ1) is 10.2. The Balaban J connectivity index is 1.73. The number of nitrogens with one attached hydrogen (secondary N) is 1. The van der Waals surface area contributed by atoms with Crippen molar-refractivity contribution < 1.29 is 14.6 Å². The van der Waals surface area contributed by atoms with Crippen LogP contribution in [0.3, 0.4) is 0 Å². The summed E-state index contributed by atoms with van der Waals surface area (Å²) < 4.78 is 5.80. The molecular formula is C16H15NO3S. The number of rotatable bonds is 4. The molecule has 0 radical (unpaired) electrons. The van der Waals surface area contributed by atoms with Gasteiger partial charge in [-0.25, -0.2) is 0 Å². The Morgan fingerprint density at radius 1 is 1.14 bits per heavy atom. The van der Waals surface area contributed by atoms with E-state index >= 15 is 0 Å². The molecular weight excluding hydrogens is 286 g/mol. The van der Waals surface area contributed by atoms with Crippen LogP contribution < -0.4 is 10.1 Å². The fourth-order valence-corrected chi connectivity index (χ4v) is 3.40. The molecule has 2 atom stereocenters. The van der Waals surface area contributed by atoms with Gasteiger partial charge in [0.2, 0.25) is 0 Å². The Kier molecular flexibility index (Phi) is 4.13. The van der Waals surface area contributed by atoms with Gasteiger partial charge in [0.25, 0.3) is 0 Å². The van der Waals surface area contributed by atoms with E-state index in [1.54, 1.807) is 11.8 Å². The molecule has 1 aliphatic rings. The molecule has 3 rings (SSSR count). The van der Waals surface area contributed by atoms with Crippen LogP contribution in [0.25, 0.3) is 0 Å². The third-order valence-electron chi connectivity index (χ3n) is 3.22. The van der Waals surface area contributed by atoms with Crippen molar-refractivity contribution >= 4 is 17.7 Å². The molecule has 0 saturated carbocycles. The van der Waals surface area contributed by atoms with Crippen LogP contribution >= 0.6 is 11.8 Å². The number of benzene rings is 2. The molecule has 1 saturated heterocycles. The van der Waals surface area contributed by atoms with Gasteiger partial charge in [-0.05, 0) is 29.8 Å². The SMILES string of the molecule is O=C(O)C1CSC(c2cccc(Oc3ccccc3)c2)N1. The van der Waals surface area contributed by atoms with Crippen LogP contribution in [-0.4, -0.2) is 22.9 Å². The first kappa shape index (κ1) is 14.0. The van der Waals surface area contributed by atoms with Crippen molar-refractivity contribution in [3.63, 3.8) is 0 Å². The van der Waals surface area contributed by atoms with Crippen molar-refractivity contribution in [3.05, 3.63) is 60.2 Å². The summed E-state index contributed by atoms with van der Waals surface area (Å²) in [6, 6.07) is 16.8. The average molecular weight is 301 g/mol. The van der Waals surface area contributed by atoms with Crippen LogP contribution in [0.1, 0.15) is 10.9 Å². The number of aliphatic carboxylic acids is 1. The molecule has 0 aromatic heterocycles. The minimum atomic E-state index is -0.804. The lowest BCUT2D eigenvalue weighted by Crippen LogP contribution is -2.33. The maximum atomic E-state index is 11.0. The van der Waals surface area contributed by atoms with E-state index in [0.717, 1.165) is 17.1 Å². The molecule has 21 heavy (non-hydrogen) atoms. The lowest BCUT2D eigenvalue weighted by Gasteiger charge is -2.13. The number of hydrogen-bond acceptors (Lipinski definition) is 4. The Bertz CT molecular complexity index is 632. The van der Waals surface area contributed by atoms with Crippen molar-refractivity contribution in [3.8, 4) is 11.5 Å². The minimum absolute atomic E-state index is 0.00887. The molecule has 1 aliphatic heterocycles. The van der Waals surface area contributed by atoms with E-state index in [-0.39, 0.29) is 5.37 Å². The molecule has 1 heterocycles. The predicted octanol–water partition coefficient (Wildman–Crippen LogP) is 3.27. The van der Waals surface area contributed by atoms with Crippen molar-refractivity contribution in [2.75, 3.05) is 5.75 Å². The second kappa shape index (κ2) is 6.20. The monoisotopic (exact) mass is 301 g/mol. The molecule has 2 N–H and O–H groups in total. The number of thioether (sulfide) groups is 1. The van der Waals surface area contributed by atoms with E-state index in [1.165, 1.54) is 0 Å². The maximum absolute atomic E-state index is 11.0. The Morgan fingerprint density at radius 2 is 1.90 bits per heavy atom. The summed E-state index contributed by atoms with van der Waals surface area (Å²) in [5.41, 5.74) is 1.03. The minimum Gasteiger partial charge on any atom is -0.480 e. The van der Waals surface area contributed by atoms with Crippen LogP contribution in [0.15, 0.2) is 54.6 Å². The van der Waals surface area contributed by atoms with E-state index in [0.29, 0.717) is 5.75 Å². The number of carboxylic acids is 1. The summed E-state index contributed by atoms with van der Waals surface area (Å²) in [4.78, 5) is 11.0. The van der Waals surface area contributed by atoms with Crippen LogP contribution in [0.5, 0.6) is 11.5 Å². The van der Waals surface area contributed by atoms with Gasteiger partial charge in [0, 0.05) is 5.75 Å². The Hall–Kier alpha value is -1.98. The van der Waals surface area contributed by atoms with Gasteiger partial charge in [-0.15, -0.1) is 11.8 Å². The molecule has 0 amide bonds. The Labute approximate surface area is 127 Å². The van der Waals surface area contributed by atoms with E-state index in [1.807, 2.05) is 54.6 Å². The van der Waals surface area contributed by atoms with Gasteiger partial charge in [0.15, 0.2) is 0 Å². The second-order valence-electron chi connectivity index (χ2n) is 4.76. The van der Waals surface area contributed by atoms with E-state index in [9.17, 15) is 4.79 Å². The smallest absolute Gasteiger partial charge is 0.321 e. The number of para-hydroxylation sites is 1. The standard InChI is InChI=1S/C16H15NO3S/c18-16(19)14-10-21-15(17-14)11-5-4-8-13(9-11)20-12-6-2-1-3-7-12/h1-9,14-15,17H,10H2,(H,18,19). The summed E-state index contributed by atoms with van der Waals surface area (Å²) in [5, 5.41) is 12.1. The largest absolute Gasteiger partial charge is 0.480 e. The highest BCUT2D eigenvalue weighted by molar-refractivity contribution is 7.99. The quantitative estimate of drug-likeness (QED) is 0.907. The molecule has 2 aromatic carbocycles. The molecule has 1 fully saturated rings. The number of ether oxygens (including phenoxy) is 1. The van der Waals surface area contributed by atoms with Gasteiger partial charge in [0.05, 0.1) is 5.37 Å². The molecule has 2 aromatic rings. The molecule has 0 aliphatic carbocycles. The van der Waals surface area contributed by atoms with Crippen molar-refractivity contribution in [1.29, 1.82) is 0 Å². The summed E-state index contributed by atoms with van der Waals surface area (Å²) >= 11 is 1.60. The fourth-order valence-electron chi connectivity index (χ4n) is 2.17.